The number of pyridine rings is 1. The number of carbonyl (C=O) groups excluding carboxylic acids is 1. The first-order valence-electron chi connectivity index (χ1n) is 8.95. The van der Waals surface area contributed by atoms with Gasteiger partial charge in [-0.2, -0.15) is 5.10 Å². The summed E-state index contributed by atoms with van der Waals surface area (Å²) in [6.07, 6.45) is 0. The summed E-state index contributed by atoms with van der Waals surface area (Å²) in [6, 6.07) is 11.4. The van der Waals surface area contributed by atoms with E-state index < -0.39 is 0 Å². The van der Waals surface area contributed by atoms with Crippen molar-refractivity contribution in [1.82, 2.24) is 14.8 Å². The topological polar surface area (TPSA) is 59.8 Å². The third kappa shape index (κ3) is 3.34. The molecular formula is C21H26N4O. The lowest BCUT2D eigenvalue weighted by Crippen LogP contribution is -2.24. The maximum absolute atomic E-state index is 13.0. The van der Waals surface area contributed by atoms with Crippen LogP contribution in [0.25, 0.3) is 11.0 Å². The molecule has 3 aromatic rings. The molecule has 0 saturated carbocycles. The lowest BCUT2D eigenvalue weighted by Gasteiger charge is -2.20. The van der Waals surface area contributed by atoms with E-state index in [0.29, 0.717) is 5.56 Å². The second kappa shape index (κ2) is 6.56. The second-order valence-electron chi connectivity index (χ2n) is 7.94. The lowest BCUT2D eigenvalue weighted by molar-refractivity contribution is 0.102. The number of aromatic nitrogens is 3. The molecule has 1 aromatic carbocycles. The van der Waals surface area contributed by atoms with Crippen molar-refractivity contribution >= 4 is 22.6 Å². The van der Waals surface area contributed by atoms with Gasteiger partial charge in [0, 0.05) is 11.4 Å². The van der Waals surface area contributed by atoms with Gasteiger partial charge in [-0.3, -0.25) is 4.79 Å². The van der Waals surface area contributed by atoms with Crippen LogP contribution in [0.2, 0.25) is 0 Å². The number of nitrogens with zero attached hydrogens (tertiary/aromatic N) is 3. The number of carbonyl (C=O) groups is 1. The molecule has 0 atom stereocenters. The van der Waals surface area contributed by atoms with Crippen LogP contribution in [0.15, 0.2) is 36.4 Å². The fourth-order valence-corrected chi connectivity index (χ4v) is 2.97. The number of para-hydroxylation sites is 1. The maximum atomic E-state index is 13.0. The van der Waals surface area contributed by atoms with E-state index in [1.807, 2.05) is 48.0 Å². The molecule has 2 heterocycles. The van der Waals surface area contributed by atoms with E-state index in [1.54, 1.807) is 0 Å². The number of hydrogen-bond acceptors (Lipinski definition) is 3. The molecule has 3 rings (SSSR count). The van der Waals surface area contributed by atoms with Gasteiger partial charge in [0.15, 0.2) is 5.65 Å². The van der Waals surface area contributed by atoms with Crippen molar-refractivity contribution in [1.29, 1.82) is 0 Å². The zero-order valence-electron chi connectivity index (χ0n) is 16.3. The maximum Gasteiger partial charge on any atom is 0.256 e. The van der Waals surface area contributed by atoms with Crippen LogP contribution in [-0.2, 0) is 5.54 Å². The number of rotatable bonds is 3. The predicted molar refractivity (Wildman–Crippen MR) is 106 cm³/mol. The van der Waals surface area contributed by atoms with Crippen LogP contribution in [0.3, 0.4) is 0 Å². The quantitative estimate of drug-likeness (QED) is 0.733. The number of aryl methyl sites for hydroxylation is 1. The van der Waals surface area contributed by atoms with Gasteiger partial charge >= 0.3 is 0 Å². The van der Waals surface area contributed by atoms with Crippen LogP contribution in [0.5, 0.6) is 0 Å². The monoisotopic (exact) mass is 350 g/mol. The SMILES string of the molecule is Cc1nn(C(C)(C)C)c2nc(C(C)C)cc(C(=O)Nc3ccccc3)c12. The molecule has 0 bridgehead atoms. The van der Waals surface area contributed by atoms with Gasteiger partial charge < -0.3 is 5.32 Å². The lowest BCUT2D eigenvalue weighted by atomic mass is 10.0. The van der Waals surface area contributed by atoms with Crippen molar-refractivity contribution in [3.8, 4) is 0 Å². The molecule has 0 fully saturated rings. The Morgan fingerprint density at radius 2 is 1.81 bits per heavy atom. The minimum absolute atomic E-state index is 0.137. The Morgan fingerprint density at radius 3 is 2.38 bits per heavy atom. The number of hydrogen-bond donors (Lipinski definition) is 1. The predicted octanol–water partition coefficient (Wildman–Crippen LogP) is 4.87. The Hall–Kier alpha value is -2.69. The summed E-state index contributed by atoms with van der Waals surface area (Å²) in [5.74, 6) is 0.0772. The molecule has 0 radical (unpaired) electrons. The van der Waals surface area contributed by atoms with E-state index in [4.69, 9.17) is 4.98 Å². The first-order valence-corrected chi connectivity index (χ1v) is 8.95. The summed E-state index contributed by atoms with van der Waals surface area (Å²) in [5.41, 5.74) is 3.64. The van der Waals surface area contributed by atoms with Crippen molar-refractivity contribution in [2.24, 2.45) is 0 Å². The van der Waals surface area contributed by atoms with E-state index in [-0.39, 0.29) is 17.4 Å². The van der Waals surface area contributed by atoms with Crippen LogP contribution in [0.1, 0.15) is 62.3 Å². The van der Waals surface area contributed by atoms with Crippen molar-refractivity contribution in [3.05, 3.63) is 53.3 Å². The minimum atomic E-state index is -0.220. The molecule has 5 nitrogen and oxygen atoms in total. The van der Waals surface area contributed by atoms with Crippen molar-refractivity contribution in [3.63, 3.8) is 0 Å². The van der Waals surface area contributed by atoms with Gasteiger partial charge in [-0.05, 0) is 51.8 Å². The first-order chi connectivity index (χ1) is 12.2. The number of benzene rings is 1. The van der Waals surface area contributed by atoms with Gasteiger partial charge in [0.1, 0.15) is 0 Å². The zero-order chi connectivity index (χ0) is 19.1. The number of fused-ring (bicyclic) bond motifs is 1. The van der Waals surface area contributed by atoms with Crippen LogP contribution < -0.4 is 5.32 Å². The first kappa shape index (κ1) is 18.1. The van der Waals surface area contributed by atoms with Crippen LogP contribution in [0.4, 0.5) is 5.69 Å². The molecule has 5 heteroatoms. The van der Waals surface area contributed by atoms with Gasteiger partial charge in [-0.25, -0.2) is 9.67 Å². The van der Waals surface area contributed by atoms with E-state index in [0.717, 1.165) is 28.1 Å². The Kier molecular flexibility index (Phi) is 4.57. The Morgan fingerprint density at radius 1 is 1.15 bits per heavy atom. The van der Waals surface area contributed by atoms with Gasteiger partial charge in [0.05, 0.1) is 22.2 Å². The highest BCUT2D eigenvalue weighted by Gasteiger charge is 2.25. The highest BCUT2D eigenvalue weighted by molar-refractivity contribution is 6.12. The average Bonchev–Trinajstić information content (AvgIpc) is 2.92. The highest BCUT2D eigenvalue weighted by atomic mass is 16.1. The van der Waals surface area contributed by atoms with Crippen LogP contribution >= 0.6 is 0 Å². The molecule has 0 aliphatic rings. The van der Waals surface area contributed by atoms with E-state index in [2.05, 4.69) is 45.0 Å². The number of anilines is 1. The molecule has 0 saturated heterocycles. The largest absolute Gasteiger partial charge is 0.322 e. The molecule has 1 amide bonds. The smallest absolute Gasteiger partial charge is 0.256 e. The van der Waals surface area contributed by atoms with Crippen molar-refractivity contribution < 1.29 is 4.79 Å². The summed E-state index contributed by atoms with van der Waals surface area (Å²) in [5, 5.41) is 8.49. The fraction of sp³-hybridized carbons (Fsp3) is 0.381. The Bertz CT molecular complexity index is 950. The molecule has 0 spiro atoms. The molecule has 0 aliphatic carbocycles. The molecular weight excluding hydrogens is 324 g/mol. The van der Waals surface area contributed by atoms with Gasteiger partial charge in [-0.15, -0.1) is 0 Å². The highest BCUT2D eigenvalue weighted by Crippen LogP contribution is 2.29. The van der Waals surface area contributed by atoms with Gasteiger partial charge in [0.2, 0.25) is 0 Å². The summed E-state index contributed by atoms with van der Waals surface area (Å²) in [6.45, 7) is 12.4. The number of amides is 1. The molecule has 0 unspecified atom stereocenters. The third-order valence-electron chi connectivity index (χ3n) is 4.34. The Labute approximate surface area is 154 Å². The summed E-state index contributed by atoms with van der Waals surface area (Å²) >= 11 is 0. The molecule has 136 valence electrons. The van der Waals surface area contributed by atoms with Crippen LogP contribution in [0, 0.1) is 6.92 Å². The van der Waals surface area contributed by atoms with Gasteiger partial charge in [-0.1, -0.05) is 32.0 Å². The minimum Gasteiger partial charge on any atom is -0.322 e. The fourth-order valence-electron chi connectivity index (χ4n) is 2.97. The van der Waals surface area contributed by atoms with Gasteiger partial charge in [0.25, 0.3) is 5.91 Å². The van der Waals surface area contributed by atoms with Crippen molar-refractivity contribution in [2.75, 3.05) is 5.32 Å². The normalized spacial score (nSPS) is 12.0. The third-order valence-corrected chi connectivity index (χ3v) is 4.34. The van der Waals surface area contributed by atoms with E-state index in [9.17, 15) is 4.79 Å². The standard InChI is InChI=1S/C21H26N4O/c1-13(2)17-12-16(20(26)22-15-10-8-7-9-11-15)18-14(3)24-25(19(18)23-17)21(4,5)6/h7-13H,1-6H3,(H,22,26). The second-order valence-corrected chi connectivity index (χ2v) is 7.94. The molecule has 1 N–H and O–H groups in total. The average molecular weight is 350 g/mol. The zero-order valence-corrected chi connectivity index (χ0v) is 16.3. The van der Waals surface area contributed by atoms with Crippen molar-refractivity contribution in [2.45, 2.75) is 53.0 Å². The molecule has 0 aliphatic heterocycles. The summed E-state index contributed by atoms with van der Waals surface area (Å²) in [7, 11) is 0. The van der Waals surface area contributed by atoms with Crippen LogP contribution in [-0.4, -0.2) is 20.7 Å². The number of nitrogens with one attached hydrogen (secondary N) is 1. The van der Waals surface area contributed by atoms with E-state index in [1.165, 1.54) is 0 Å². The summed E-state index contributed by atoms with van der Waals surface area (Å²) < 4.78 is 1.92. The molecule has 26 heavy (non-hydrogen) atoms. The summed E-state index contributed by atoms with van der Waals surface area (Å²) in [4.78, 5) is 17.9. The van der Waals surface area contributed by atoms with E-state index >= 15 is 0 Å². The Balaban J connectivity index is 2.20. The molecule has 2 aromatic heterocycles.